The molecule has 4 atom stereocenters. The van der Waals surface area contributed by atoms with Crippen molar-refractivity contribution < 1.29 is 47.7 Å². The minimum atomic E-state index is -0.803. The molecular weight excluding hydrogens is 676 g/mol. The number of piperidine rings is 1. The van der Waals surface area contributed by atoms with Crippen LogP contribution in [0.1, 0.15) is 94.4 Å². The smallest absolute Gasteiger partial charge is 0.411 e. The summed E-state index contributed by atoms with van der Waals surface area (Å²) in [4.78, 5) is 80.6. The predicted molar refractivity (Wildman–Crippen MR) is 189 cm³/mol. The molecule has 3 aromatic rings. The third-order valence-electron chi connectivity index (χ3n) is 9.39. The van der Waals surface area contributed by atoms with E-state index < -0.39 is 60.6 Å². The van der Waals surface area contributed by atoms with E-state index in [-0.39, 0.29) is 23.5 Å². The lowest BCUT2D eigenvalue weighted by Crippen LogP contribution is -2.51. The zero-order chi connectivity index (χ0) is 36.8. The molecule has 2 bridgehead atoms. The van der Waals surface area contributed by atoms with Crippen LogP contribution in [0, 0.1) is 5.92 Å². The van der Waals surface area contributed by atoms with Gasteiger partial charge in [0.2, 0.25) is 0 Å². The van der Waals surface area contributed by atoms with E-state index in [0.717, 1.165) is 33.0 Å². The molecule has 0 N–H and O–H groups in total. The molecule has 12 nitrogen and oxygen atoms in total. The molecule has 1 saturated carbocycles. The lowest BCUT2D eigenvalue weighted by atomic mass is 9.99. The van der Waals surface area contributed by atoms with E-state index >= 15 is 0 Å². The van der Waals surface area contributed by atoms with Gasteiger partial charge in [0, 0.05) is 43.9 Å². The van der Waals surface area contributed by atoms with E-state index in [1.165, 1.54) is 21.1 Å². The van der Waals surface area contributed by atoms with E-state index in [1.54, 1.807) is 65.8 Å². The molecule has 0 spiro atoms. The van der Waals surface area contributed by atoms with Crippen LogP contribution in [-0.4, -0.2) is 94.6 Å². The maximum absolute atomic E-state index is 13.2. The quantitative estimate of drug-likeness (QED) is 0.140. The summed E-state index contributed by atoms with van der Waals surface area (Å²) in [7, 11) is 0. The number of nitrogens with zero attached hydrogens (tertiary/aromatic N) is 2. The van der Waals surface area contributed by atoms with Crippen molar-refractivity contribution in [1.29, 1.82) is 0 Å². The number of carbonyl (C=O) groups excluding carboxylic acids is 6. The van der Waals surface area contributed by atoms with Crippen molar-refractivity contribution in [3.63, 3.8) is 0 Å². The minimum Gasteiger partial charge on any atom is -0.456 e. The SMILES string of the molecule is CC(C)(C)OC(=O)N1CCC[C@H]1C(=O)OCC(=O)c1ccc2c(c1)sc1cc(C(=O)COC(=O)C3[C@H]4CC[C@H](C4)N3C(=O)OC(C)(C)C)ccc12. The number of fused-ring (bicyclic) bond motifs is 5. The molecule has 51 heavy (non-hydrogen) atoms. The van der Waals surface area contributed by atoms with Crippen LogP contribution >= 0.6 is 11.3 Å². The zero-order valence-electron chi connectivity index (χ0n) is 29.8. The Morgan fingerprint density at radius 1 is 0.725 bits per heavy atom. The van der Waals surface area contributed by atoms with Gasteiger partial charge in [0.25, 0.3) is 0 Å². The Bertz CT molecular complexity index is 1900. The molecule has 3 aliphatic rings. The molecule has 6 rings (SSSR count). The Morgan fingerprint density at radius 2 is 1.27 bits per heavy atom. The predicted octanol–water partition coefficient (Wildman–Crippen LogP) is 6.69. The number of hydrogen-bond donors (Lipinski definition) is 0. The Morgan fingerprint density at radius 3 is 1.84 bits per heavy atom. The number of ketones is 2. The molecule has 1 unspecified atom stereocenters. The molecule has 2 amide bonds. The lowest BCUT2D eigenvalue weighted by Gasteiger charge is -2.35. The Balaban J connectivity index is 1.07. The van der Waals surface area contributed by atoms with Crippen LogP contribution in [0.2, 0.25) is 0 Å². The summed E-state index contributed by atoms with van der Waals surface area (Å²) >= 11 is 1.40. The highest BCUT2D eigenvalue weighted by atomic mass is 32.1. The van der Waals surface area contributed by atoms with Crippen molar-refractivity contribution in [3.8, 4) is 0 Å². The number of rotatable bonds is 8. The van der Waals surface area contributed by atoms with Crippen LogP contribution in [0.5, 0.6) is 0 Å². The highest BCUT2D eigenvalue weighted by molar-refractivity contribution is 7.25. The highest BCUT2D eigenvalue weighted by Gasteiger charge is 2.53. The van der Waals surface area contributed by atoms with Gasteiger partial charge in [-0.15, -0.1) is 11.3 Å². The van der Waals surface area contributed by atoms with Crippen molar-refractivity contribution in [3.05, 3.63) is 47.5 Å². The van der Waals surface area contributed by atoms with Crippen LogP contribution in [0.15, 0.2) is 36.4 Å². The largest absolute Gasteiger partial charge is 0.456 e. The van der Waals surface area contributed by atoms with Crippen LogP contribution in [0.3, 0.4) is 0 Å². The second kappa shape index (κ2) is 13.9. The first-order chi connectivity index (χ1) is 24.0. The van der Waals surface area contributed by atoms with Gasteiger partial charge in [-0.3, -0.25) is 19.4 Å². The molecule has 3 heterocycles. The van der Waals surface area contributed by atoms with Gasteiger partial charge in [-0.25, -0.2) is 19.2 Å². The van der Waals surface area contributed by atoms with E-state index in [2.05, 4.69) is 0 Å². The van der Waals surface area contributed by atoms with Gasteiger partial charge in [-0.05, 0) is 91.7 Å². The molecular formula is C38H44N2O10S. The number of ether oxygens (including phenoxy) is 4. The topological polar surface area (TPSA) is 146 Å². The molecule has 1 aromatic heterocycles. The van der Waals surface area contributed by atoms with Gasteiger partial charge in [0.1, 0.15) is 23.3 Å². The number of hydrogen-bond acceptors (Lipinski definition) is 11. The van der Waals surface area contributed by atoms with Crippen molar-refractivity contribution in [2.75, 3.05) is 19.8 Å². The molecule has 13 heteroatoms. The summed E-state index contributed by atoms with van der Waals surface area (Å²) in [6.07, 6.45) is 2.26. The third-order valence-corrected chi connectivity index (χ3v) is 10.5. The van der Waals surface area contributed by atoms with E-state index in [4.69, 9.17) is 18.9 Å². The van der Waals surface area contributed by atoms with Gasteiger partial charge >= 0.3 is 24.1 Å². The second-order valence-electron chi connectivity index (χ2n) is 15.5. The van der Waals surface area contributed by atoms with Crippen LogP contribution in [0.25, 0.3) is 20.2 Å². The zero-order valence-corrected chi connectivity index (χ0v) is 30.6. The minimum absolute atomic E-state index is 0.0225. The summed E-state index contributed by atoms with van der Waals surface area (Å²) < 4.78 is 23.4. The number of carbonyl (C=O) groups is 6. The fourth-order valence-electron chi connectivity index (χ4n) is 7.16. The molecule has 2 aliphatic heterocycles. The first-order valence-corrected chi connectivity index (χ1v) is 18.2. The summed E-state index contributed by atoms with van der Waals surface area (Å²) in [5, 5.41) is 1.79. The van der Waals surface area contributed by atoms with E-state index in [9.17, 15) is 28.8 Å². The van der Waals surface area contributed by atoms with Gasteiger partial charge in [-0.1, -0.05) is 24.3 Å². The highest BCUT2D eigenvalue weighted by Crippen LogP contribution is 2.43. The lowest BCUT2D eigenvalue weighted by molar-refractivity contribution is -0.150. The summed E-state index contributed by atoms with van der Waals surface area (Å²) in [6.45, 7) is 10.0. The molecule has 1 aliphatic carbocycles. The second-order valence-corrected chi connectivity index (χ2v) is 16.6. The standard InChI is InChI=1S/C38H44N2O10S/c1-37(2,3)49-35(45)39-15-7-8-27(39)33(43)47-19-28(41)21-10-13-25-26-14-11-22(18-31(26)51-30(25)17-21)29(42)20-48-34(44)32-23-9-12-24(16-23)40(32)36(46)50-38(4,5)6/h10-11,13-14,17-18,23-24,27,32H,7-9,12,15-16,19-20H2,1-6H3/t23-,24+,27-,32?/m0/s1. The van der Waals surface area contributed by atoms with Gasteiger partial charge < -0.3 is 18.9 Å². The maximum Gasteiger partial charge on any atom is 0.411 e. The third kappa shape index (κ3) is 7.88. The van der Waals surface area contributed by atoms with Crippen molar-refractivity contribution >= 4 is 67.2 Å². The molecule has 0 radical (unpaired) electrons. The van der Waals surface area contributed by atoms with Crippen LogP contribution in [-0.2, 0) is 28.5 Å². The Kier molecular flexibility index (Phi) is 9.88. The van der Waals surface area contributed by atoms with Crippen LogP contribution in [0.4, 0.5) is 9.59 Å². The van der Waals surface area contributed by atoms with Gasteiger partial charge in [0.05, 0.1) is 0 Å². The van der Waals surface area contributed by atoms with Gasteiger partial charge in [-0.2, -0.15) is 0 Å². The first-order valence-electron chi connectivity index (χ1n) is 17.4. The fraction of sp³-hybridized carbons (Fsp3) is 0.526. The molecule has 2 saturated heterocycles. The Hall–Kier alpha value is -4.52. The van der Waals surface area contributed by atoms with Crippen molar-refractivity contribution in [2.24, 2.45) is 5.92 Å². The normalized spacial score (nSPS) is 21.6. The summed E-state index contributed by atoms with van der Waals surface area (Å²) in [5.41, 5.74) is -0.676. The van der Waals surface area contributed by atoms with Crippen LogP contribution < -0.4 is 0 Å². The Labute approximate surface area is 300 Å². The molecule has 272 valence electrons. The summed E-state index contributed by atoms with van der Waals surface area (Å²) in [6, 6.07) is 8.81. The first kappa shape index (κ1) is 36.3. The monoisotopic (exact) mass is 720 g/mol. The molecule has 2 aromatic carbocycles. The number of amides is 2. The number of Topliss-reactive ketones (excluding diaryl/α,β-unsaturated/α-hetero) is 2. The van der Waals surface area contributed by atoms with E-state index in [0.29, 0.717) is 36.9 Å². The fourth-order valence-corrected chi connectivity index (χ4v) is 8.35. The average molecular weight is 721 g/mol. The summed E-state index contributed by atoms with van der Waals surface area (Å²) in [5.74, 6) is -2.03. The number of thiophene rings is 1. The maximum atomic E-state index is 13.2. The average Bonchev–Trinajstić information content (AvgIpc) is 3.86. The van der Waals surface area contributed by atoms with Crippen molar-refractivity contribution in [2.45, 2.75) is 103 Å². The molecule has 3 fully saturated rings. The number of benzene rings is 2. The number of likely N-dealkylation sites (tertiary alicyclic amines) is 2. The van der Waals surface area contributed by atoms with Gasteiger partial charge in [0.15, 0.2) is 24.8 Å². The number of esters is 2. The van der Waals surface area contributed by atoms with Crippen molar-refractivity contribution in [1.82, 2.24) is 9.80 Å². The van der Waals surface area contributed by atoms with E-state index in [1.807, 2.05) is 12.1 Å².